The molecule has 1 saturated heterocycles. The summed E-state index contributed by atoms with van der Waals surface area (Å²) in [6, 6.07) is -0.169. The third-order valence-electron chi connectivity index (χ3n) is 5.17. The molecule has 1 aliphatic heterocycles. The average molecular weight is 378 g/mol. The SMILES string of the molecule is Cc1cnc(C(=O)N2CCC[C@H]2c2nc(C)ncc2-c2onc(C)c2C)cn1. The Labute approximate surface area is 163 Å². The first kappa shape index (κ1) is 18.2. The fourth-order valence-electron chi connectivity index (χ4n) is 3.53. The van der Waals surface area contributed by atoms with Gasteiger partial charge in [0.2, 0.25) is 0 Å². The van der Waals surface area contributed by atoms with E-state index in [2.05, 4.69) is 20.1 Å². The zero-order valence-corrected chi connectivity index (χ0v) is 16.4. The Morgan fingerprint density at radius 1 is 1.11 bits per heavy atom. The lowest BCUT2D eigenvalue weighted by Crippen LogP contribution is -2.32. The van der Waals surface area contributed by atoms with Crippen LogP contribution in [0.15, 0.2) is 23.1 Å². The van der Waals surface area contributed by atoms with Gasteiger partial charge in [-0.2, -0.15) is 0 Å². The first-order valence-corrected chi connectivity index (χ1v) is 9.32. The number of carbonyl (C=O) groups is 1. The molecule has 1 atom stereocenters. The van der Waals surface area contributed by atoms with Crippen molar-refractivity contribution in [3.05, 3.63) is 52.8 Å². The van der Waals surface area contributed by atoms with Crippen molar-refractivity contribution in [1.29, 1.82) is 0 Å². The van der Waals surface area contributed by atoms with Crippen LogP contribution in [-0.4, -0.2) is 42.4 Å². The molecule has 0 N–H and O–H groups in total. The molecule has 8 heteroatoms. The predicted octanol–water partition coefficient (Wildman–Crippen LogP) is 3.13. The highest BCUT2D eigenvalue weighted by atomic mass is 16.5. The quantitative estimate of drug-likeness (QED) is 0.690. The fraction of sp³-hybridized carbons (Fsp3) is 0.400. The number of aryl methyl sites for hydroxylation is 3. The van der Waals surface area contributed by atoms with Gasteiger partial charge in [-0.1, -0.05) is 5.16 Å². The van der Waals surface area contributed by atoms with E-state index in [1.165, 1.54) is 6.20 Å². The molecule has 3 aromatic heterocycles. The largest absolute Gasteiger partial charge is 0.356 e. The minimum absolute atomic E-state index is 0.136. The number of rotatable bonds is 3. The Hall–Kier alpha value is -3.16. The normalized spacial score (nSPS) is 16.6. The Kier molecular flexibility index (Phi) is 4.62. The summed E-state index contributed by atoms with van der Waals surface area (Å²) in [5.41, 5.74) is 4.47. The van der Waals surface area contributed by atoms with Gasteiger partial charge in [0.1, 0.15) is 11.5 Å². The molecule has 4 heterocycles. The number of carbonyl (C=O) groups excluding carboxylic acids is 1. The molecule has 0 saturated carbocycles. The van der Waals surface area contributed by atoms with E-state index in [9.17, 15) is 4.79 Å². The van der Waals surface area contributed by atoms with Crippen molar-refractivity contribution < 1.29 is 9.32 Å². The lowest BCUT2D eigenvalue weighted by Gasteiger charge is -2.25. The third-order valence-corrected chi connectivity index (χ3v) is 5.17. The minimum atomic E-state index is -0.169. The maximum Gasteiger partial charge on any atom is 0.274 e. The Balaban J connectivity index is 1.75. The summed E-state index contributed by atoms with van der Waals surface area (Å²) >= 11 is 0. The molecular weight excluding hydrogens is 356 g/mol. The summed E-state index contributed by atoms with van der Waals surface area (Å²) in [6.45, 7) is 8.20. The van der Waals surface area contributed by atoms with Gasteiger partial charge >= 0.3 is 0 Å². The molecule has 0 bridgehead atoms. The summed E-state index contributed by atoms with van der Waals surface area (Å²) in [6.07, 6.45) is 6.62. The lowest BCUT2D eigenvalue weighted by atomic mass is 10.0. The standard InChI is InChI=1S/C20H22N6O2/c1-11-8-23-16(10-21-11)20(27)26-7-5-6-17(26)18-15(9-22-14(4)24-18)19-12(2)13(3)25-28-19/h8-10,17H,5-7H2,1-4H3/t17-/m0/s1. The van der Waals surface area contributed by atoms with Gasteiger partial charge in [-0.05, 0) is 40.5 Å². The molecule has 1 aliphatic rings. The molecular formula is C20H22N6O2. The predicted molar refractivity (Wildman–Crippen MR) is 102 cm³/mol. The van der Waals surface area contributed by atoms with E-state index < -0.39 is 0 Å². The molecule has 4 rings (SSSR count). The number of amides is 1. The van der Waals surface area contributed by atoms with Crippen LogP contribution in [0.25, 0.3) is 11.3 Å². The summed E-state index contributed by atoms with van der Waals surface area (Å²) in [5, 5.41) is 4.06. The summed E-state index contributed by atoms with van der Waals surface area (Å²) in [7, 11) is 0. The maximum atomic E-state index is 13.1. The fourth-order valence-corrected chi connectivity index (χ4v) is 3.53. The summed E-state index contributed by atoms with van der Waals surface area (Å²) in [4.78, 5) is 32.4. The highest BCUT2D eigenvalue weighted by Gasteiger charge is 2.35. The average Bonchev–Trinajstić information content (AvgIpc) is 3.30. The van der Waals surface area contributed by atoms with Crippen LogP contribution in [-0.2, 0) is 0 Å². The molecule has 3 aromatic rings. The van der Waals surface area contributed by atoms with E-state index in [-0.39, 0.29) is 11.9 Å². The van der Waals surface area contributed by atoms with Gasteiger partial charge < -0.3 is 9.42 Å². The van der Waals surface area contributed by atoms with Gasteiger partial charge in [0, 0.05) is 24.5 Å². The summed E-state index contributed by atoms with van der Waals surface area (Å²) < 4.78 is 5.56. The second-order valence-corrected chi connectivity index (χ2v) is 7.14. The molecule has 144 valence electrons. The molecule has 0 radical (unpaired) electrons. The van der Waals surface area contributed by atoms with Crippen LogP contribution in [0.4, 0.5) is 0 Å². The molecule has 0 aliphatic carbocycles. The monoisotopic (exact) mass is 378 g/mol. The van der Waals surface area contributed by atoms with E-state index in [0.29, 0.717) is 23.8 Å². The van der Waals surface area contributed by atoms with Crippen LogP contribution >= 0.6 is 0 Å². The van der Waals surface area contributed by atoms with Gasteiger partial charge in [-0.25, -0.2) is 15.0 Å². The number of hydrogen-bond donors (Lipinski definition) is 0. The number of aromatic nitrogens is 5. The van der Waals surface area contributed by atoms with Crippen LogP contribution < -0.4 is 0 Å². The summed E-state index contributed by atoms with van der Waals surface area (Å²) in [5.74, 6) is 1.17. The molecule has 1 amide bonds. The van der Waals surface area contributed by atoms with E-state index in [1.54, 1.807) is 12.4 Å². The second kappa shape index (κ2) is 7.10. The van der Waals surface area contributed by atoms with Gasteiger partial charge in [0.25, 0.3) is 5.91 Å². The first-order chi connectivity index (χ1) is 13.5. The Morgan fingerprint density at radius 2 is 1.93 bits per heavy atom. The number of nitrogens with zero attached hydrogens (tertiary/aromatic N) is 6. The van der Waals surface area contributed by atoms with Crippen LogP contribution in [0.1, 0.15) is 57.8 Å². The molecule has 1 fully saturated rings. The van der Waals surface area contributed by atoms with Crippen LogP contribution in [0.2, 0.25) is 0 Å². The van der Waals surface area contributed by atoms with Crippen molar-refractivity contribution in [2.45, 2.75) is 46.6 Å². The van der Waals surface area contributed by atoms with Crippen LogP contribution in [0.5, 0.6) is 0 Å². The first-order valence-electron chi connectivity index (χ1n) is 9.32. The van der Waals surface area contributed by atoms with Crippen molar-refractivity contribution >= 4 is 5.91 Å². The zero-order chi connectivity index (χ0) is 19.8. The molecule has 8 nitrogen and oxygen atoms in total. The van der Waals surface area contributed by atoms with Crippen molar-refractivity contribution in [2.75, 3.05) is 6.54 Å². The molecule has 0 aromatic carbocycles. The third kappa shape index (κ3) is 3.15. The van der Waals surface area contributed by atoms with E-state index in [4.69, 9.17) is 9.51 Å². The smallest absolute Gasteiger partial charge is 0.274 e. The maximum absolute atomic E-state index is 13.1. The van der Waals surface area contributed by atoms with Crippen molar-refractivity contribution in [3.8, 4) is 11.3 Å². The topological polar surface area (TPSA) is 97.9 Å². The molecule has 0 unspecified atom stereocenters. The number of likely N-dealkylation sites (tertiary alicyclic amines) is 1. The van der Waals surface area contributed by atoms with Crippen molar-refractivity contribution in [1.82, 2.24) is 30.0 Å². The zero-order valence-electron chi connectivity index (χ0n) is 16.4. The van der Waals surface area contributed by atoms with E-state index in [0.717, 1.165) is 41.1 Å². The minimum Gasteiger partial charge on any atom is -0.356 e. The highest BCUT2D eigenvalue weighted by Crippen LogP contribution is 2.38. The second-order valence-electron chi connectivity index (χ2n) is 7.14. The lowest BCUT2D eigenvalue weighted by molar-refractivity contribution is 0.0726. The van der Waals surface area contributed by atoms with E-state index >= 15 is 0 Å². The Bertz CT molecular complexity index is 1030. The van der Waals surface area contributed by atoms with Gasteiger partial charge in [0.05, 0.1) is 34.9 Å². The molecule has 28 heavy (non-hydrogen) atoms. The van der Waals surface area contributed by atoms with Crippen molar-refractivity contribution in [2.24, 2.45) is 0 Å². The Morgan fingerprint density at radius 3 is 2.61 bits per heavy atom. The molecule has 0 spiro atoms. The van der Waals surface area contributed by atoms with Gasteiger partial charge in [-0.15, -0.1) is 0 Å². The van der Waals surface area contributed by atoms with Crippen molar-refractivity contribution in [3.63, 3.8) is 0 Å². The highest BCUT2D eigenvalue weighted by molar-refractivity contribution is 5.92. The van der Waals surface area contributed by atoms with Gasteiger partial charge in [-0.3, -0.25) is 9.78 Å². The van der Waals surface area contributed by atoms with Gasteiger partial charge in [0.15, 0.2) is 5.76 Å². The van der Waals surface area contributed by atoms with Crippen LogP contribution in [0, 0.1) is 27.7 Å². The van der Waals surface area contributed by atoms with Crippen LogP contribution in [0.3, 0.4) is 0 Å². The number of hydrogen-bond acceptors (Lipinski definition) is 7. The van der Waals surface area contributed by atoms with E-state index in [1.807, 2.05) is 32.6 Å².